The molecular weight excluding hydrogens is 228 g/mol. The van der Waals surface area contributed by atoms with Gasteiger partial charge in [0.25, 0.3) is 0 Å². The summed E-state index contributed by atoms with van der Waals surface area (Å²) < 4.78 is 0. The molecule has 0 bridgehead atoms. The van der Waals surface area contributed by atoms with E-state index in [1.807, 2.05) is 5.51 Å². The average Bonchev–Trinajstić information content (AvgIpc) is 2.62. The lowest BCUT2D eigenvalue weighted by Crippen LogP contribution is -2.06. The quantitative estimate of drug-likeness (QED) is 0.876. The molecule has 0 radical (unpaired) electrons. The van der Waals surface area contributed by atoms with E-state index in [0.717, 1.165) is 5.69 Å². The standard InChI is InChI=1S/C14H18N2S/c1-9-5-10(2)7-13(6-9)16-12(4)14-11(3)15-8-17-14/h5-8,12,16H,1-4H3. The number of hydrogen-bond acceptors (Lipinski definition) is 3. The number of nitrogens with one attached hydrogen (secondary N) is 1. The van der Waals surface area contributed by atoms with Crippen molar-refractivity contribution in [2.75, 3.05) is 5.32 Å². The highest BCUT2D eigenvalue weighted by Gasteiger charge is 2.10. The summed E-state index contributed by atoms with van der Waals surface area (Å²) in [6.07, 6.45) is 0. The summed E-state index contributed by atoms with van der Waals surface area (Å²) in [5.41, 5.74) is 6.80. The van der Waals surface area contributed by atoms with E-state index in [4.69, 9.17) is 0 Å². The number of aromatic nitrogens is 1. The summed E-state index contributed by atoms with van der Waals surface area (Å²) in [6, 6.07) is 6.86. The Morgan fingerprint density at radius 3 is 2.29 bits per heavy atom. The van der Waals surface area contributed by atoms with Gasteiger partial charge in [0.05, 0.1) is 17.2 Å². The van der Waals surface area contributed by atoms with E-state index < -0.39 is 0 Å². The van der Waals surface area contributed by atoms with Gasteiger partial charge in [-0.1, -0.05) is 6.07 Å². The third-order valence-electron chi connectivity index (χ3n) is 2.78. The molecule has 2 rings (SSSR count). The molecule has 2 aromatic rings. The highest BCUT2D eigenvalue weighted by atomic mass is 32.1. The van der Waals surface area contributed by atoms with Gasteiger partial charge >= 0.3 is 0 Å². The van der Waals surface area contributed by atoms with Crippen molar-refractivity contribution in [2.45, 2.75) is 33.7 Å². The first-order valence-electron chi connectivity index (χ1n) is 5.81. The number of thiazole rings is 1. The molecule has 0 saturated heterocycles. The van der Waals surface area contributed by atoms with Crippen LogP contribution in [-0.2, 0) is 0 Å². The third kappa shape index (κ3) is 2.86. The highest BCUT2D eigenvalue weighted by molar-refractivity contribution is 7.09. The van der Waals surface area contributed by atoms with Crippen LogP contribution in [0, 0.1) is 20.8 Å². The van der Waals surface area contributed by atoms with E-state index in [-0.39, 0.29) is 0 Å². The second-order valence-electron chi connectivity index (χ2n) is 4.54. The van der Waals surface area contributed by atoms with Gasteiger partial charge in [0, 0.05) is 10.6 Å². The molecule has 0 saturated carbocycles. The zero-order valence-corrected chi connectivity index (χ0v) is 11.6. The molecule has 90 valence electrons. The van der Waals surface area contributed by atoms with Crippen LogP contribution in [-0.4, -0.2) is 4.98 Å². The van der Waals surface area contributed by atoms with Crippen molar-refractivity contribution in [3.05, 3.63) is 45.4 Å². The molecule has 1 atom stereocenters. The largest absolute Gasteiger partial charge is 0.378 e. The molecule has 0 aliphatic heterocycles. The van der Waals surface area contributed by atoms with Crippen LogP contribution in [0.4, 0.5) is 5.69 Å². The maximum atomic E-state index is 4.29. The van der Waals surface area contributed by atoms with Crippen LogP contribution in [0.3, 0.4) is 0 Å². The Hall–Kier alpha value is -1.35. The fraction of sp³-hybridized carbons (Fsp3) is 0.357. The van der Waals surface area contributed by atoms with E-state index in [1.165, 1.54) is 21.7 Å². The molecule has 0 aliphatic carbocycles. The monoisotopic (exact) mass is 246 g/mol. The molecule has 1 aromatic carbocycles. The number of hydrogen-bond donors (Lipinski definition) is 1. The Kier molecular flexibility index (Phi) is 3.48. The van der Waals surface area contributed by atoms with Gasteiger partial charge in [-0.2, -0.15) is 0 Å². The first kappa shape index (κ1) is 12.1. The van der Waals surface area contributed by atoms with Gasteiger partial charge in [-0.25, -0.2) is 4.98 Å². The molecule has 2 nitrogen and oxygen atoms in total. The van der Waals surface area contributed by atoms with Crippen LogP contribution in [0.2, 0.25) is 0 Å². The van der Waals surface area contributed by atoms with Gasteiger partial charge in [0.2, 0.25) is 0 Å². The third-order valence-corrected chi connectivity index (χ3v) is 3.89. The van der Waals surface area contributed by atoms with Crippen LogP contribution in [0.1, 0.15) is 34.7 Å². The molecule has 0 amide bonds. The molecule has 0 aliphatic rings. The number of rotatable bonds is 3. The minimum absolute atomic E-state index is 0.309. The van der Waals surface area contributed by atoms with Crippen molar-refractivity contribution in [1.82, 2.24) is 4.98 Å². The summed E-state index contributed by atoms with van der Waals surface area (Å²) in [7, 11) is 0. The van der Waals surface area contributed by atoms with Crippen molar-refractivity contribution in [2.24, 2.45) is 0 Å². The fourth-order valence-electron chi connectivity index (χ4n) is 2.10. The molecule has 1 aromatic heterocycles. The van der Waals surface area contributed by atoms with E-state index in [0.29, 0.717) is 6.04 Å². The van der Waals surface area contributed by atoms with Crippen LogP contribution in [0.5, 0.6) is 0 Å². The zero-order chi connectivity index (χ0) is 12.4. The van der Waals surface area contributed by atoms with Crippen LogP contribution < -0.4 is 5.32 Å². The van der Waals surface area contributed by atoms with Crippen LogP contribution in [0.15, 0.2) is 23.7 Å². The van der Waals surface area contributed by atoms with Gasteiger partial charge in [0.15, 0.2) is 0 Å². The number of aryl methyl sites for hydroxylation is 3. The zero-order valence-electron chi connectivity index (χ0n) is 10.7. The molecule has 3 heteroatoms. The SMILES string of the molecule is Cc1cc(C)cc(NC(C)c2scnc2C)c1. The minimum atomic E-state index is 0.309. The Labute approximate surface area is 107 Å². The predicted octanol–water partition coefficient (Wildman–Crippen LogP) is 4.24. The molecule has 17 heavy (non-hydrogen) atoms. The molecular formula is C14H18N2S. The van der Waals surface area contributed by atoms with Gasteiger partial charge < -0.3 is 5.32 Å². The average molecular weight is 246 g/mol. The Morgan fingerprint density at radius 2 is 1.76 bits per heavy atom. The summed E-state index contributed by atoms with van der Waals surface area (Å²) in [5.74, 6) is 0. The van der Waals surface area contributed by atoms with Crippen molar-refractivity contribution in [1.29, 1.82) is 0 Å². The molecule has 0 spiro atoms. The summed E-state index contributed by atoms with van der Waals surface area (Å²) in [6.45, 7) is 8.49. The van der Waals surface area contributed by atoms with Crippen molar-refractivity contribution in [3.63, 3.8) is 0 Å². The first-order valence-corrected chi connectivity index (χ1v) is 6.69. The molecule has 1 heterocycles. The topological polar surface area (TPSA) is 24.9 Å². The second-order valence-corrected chi connectivity index (χ2v) is 5.43. The lowest BCUT2D eigenvalue weighted by molar-refractivity contribution is 0.890. The fourth-order valence-corrected chi connectivity index (χ4v) is 2.91. The second kappa shape index (κ2) is 4.88. The normalized spacial score (nSPS) is 12.5. The van der Waals surface area contributed by atoms with Crippen molar-refractivity contribution in [3.8, 4) is 0 Å². The summed E-state index contributed by atoms with van der Waals surface area (Å²) in [4.78, 5) is 5.60. The van der Waals surface area contributed by atoms with E-state index in [1.54, 1.807) is 11.3 Å². The lowest BCUT2D eigenvalue weighted by Gasteiger charge is -2.15. The number of anilines is 1. The van der Waals surface area contributed by atoms with Gasteiger partial charge in [-0.05, 0) is 51.0 Å². The van der Waals surface area contributed by atoms with Gasteiger partial charge in [-0.3, -0.25) is 0 Å². The maximum absolute atomic E-state index is 4.29. The Bertz CT molecular complexity index is 496. The summed E-state index contributed by atoms with van der Waals surface area (Å²) >= 11 is 1.71. The van der Waals surface area contributed by atoms with Crippen LogP contribution >= 0.6 is 11.3 Å². The smallest absolute Gasteiger partial charge is 0.0798 e. The number of nitrogens with zero attached hydrogens (tertiary/aromatic N) is 1. The first-order chi connectivity index (χ1) is 8.06. The highest BCUT2D eigenvalue weighted by Crippen LogP contribution is 2.25. The Morgan fingerprint density at radius 1 is 1.12 bits per heavy atom. The molecule has 1 N–H and O–H groups in total. The van der Waals surface area contributed by atoms with E-state index >= 15 is 0 Å². The number of benzene rings is 1. The molecule has 0 fully saturated rings. The van der Waals surface area contributed by atoms with E-state index in [2.05, 4.69) is 56.2 Å². The molecule has 1 unspecified atom stereocenters. The van der Waals surface area contributed by atoms with Crippen molar-refractivity contribution >= 4 is 17.0 Å². The van der Waals surface area contributed by atoms with E-state index in [9.17, 15) is 0 Å². The van der Waals surface area contributed by atoms with Crippen LogP contribution in [0.25, 0.3) is 0 Å². The lowest BCUT2D eigenvalue weighted by atomic mass is 10.1. The predicted molar refractivity (Wildman–Crippen MR) is 74.8 cm³/mol. The van der Waals surface area contributed by atoms with Gasteiger partial charge in [0.1, 0.15) is 0 Å². The van der Waals surface area contributed by atoms with Gasteiger partial charge in [-0.15, -0.1) is 11.3 Å². The summed E-state index contributed by atoms with van der Waals surface area (Å²) in [5, 5.41) is 3.54. The Balaban J connectivity index is 2.18. The maximum Gasteiger partial charge on any atom is 0.0798 e. The minimum Gasteiger partial charge on any atom is -0.378 e. The van der Waals surface area contributed by atoms with Crippen molar-refractivity contribution < 1.29 is 0 Å².